The molecule has 0 aromatic heterocycles. The van der Waals surface area contributed by atoms with E-state index in [1.807, 2.05) is 6.92 Å². The zero-order chi connectivity index (χ0) is 15.5. The van der Waals surface area contributed by atoms with Crippen molar-refractivity contribution in [1.29, 1.82) is 0 Å². The molecule has 2 rings (SSSR count). The molecular weight excluding hydrogens is 314 g/mol. The summed E-state index contributed by atoms with van der Waals surface area (Å²) in [4.78, 5) is 0.0370. The zero-order valence-corrected chi connectivity index (χ0v) is 12.6. The standard InChI is InChI=1S/C14H12ClNO4S/c1-10-2-5-13(6-3-10)21(18,19)20-14-7-4-12(15)8-11(14)9-16-17/h2-9,17H,1H3. The molecule has 0 spiro atoms. The van der Waals surface area contributed by atoms with E-state index in [-0.39, 0.29) is 16.2 Å². The van der Waals surface area contributed by atoms with E-state index in [0.717, 1.165) is 11.8 Å². The molecule has 1 N–H and O–H groups in total. The van der Waals surface area contributed by atoms with E-state index in [1.165, 1.54) is 30.3 Å². The number of rotatable bonds is 4. The molecule has 0 radical (unpaired) electrons. The smallest absolute Gasteiger partial charge is 0.339 e. The molecule has 0 fully saturated rings. The van der Waals surface area contributed by atoms with Crippen LogP contribution in [0.2, 0.25) is 5.02 Å². The second-order valence-electron chi connectivity index (χ2n) is 4.28. The van der Waals surface area contributed by atoms with Crippen LogP contribution in [0, 0.1) is 6.92 Å². The van der Waals surface area contributed by atoms with Gasteiger partial charge in [0.25, 0.3) is 0 Å². The summed E-state index contributed by atoms with van der Waals surface area (Å²) >= 11 is 5.81. The van der Waals surface area contributed by atoms with Gasteiger partial charge in [0.15, 0.2) is 5.75 Å². The van der Waals surface area contributed by atoms with Crippen LogP contribution in [0.4, 0.5) is 0 Å². The average Bonchev–Trinajstić information content (AvgIpc) is 2.42. The van der Waals surface area contributed by atoms with E-state index in [2.05, 4.69) is 5.16 Å². The molecule has 7 heteroatoms. The van der Waals surface area contributed by atoms with Gasteiger partial charge in [0, 0.05) is 10.6 Å². The van der Waals surface area contributed by atoms with Crippen LogP contribution in [0.15, 0.2) is 52.5 Å². The Hall–Kier alpha value is -2.05. The maximum atomic E-state index is 12.2. The highest BCUT2D eigenvalue weighted by Gasteiger charge is 2.18. The summed E-state index contributed by atoms with van der Waals surface area (Å²) in [5, 5.41) is 11.8. The summed E-state index contributed by atoms with van der Waals surface area (Å²) in [6.45, 7) is 1.85. The quantitative estimate of drug-likeness (QED) is 0.405. The lowest BCUT2D eigenvalue weighted by Crippen LogP contribution is -2.11. The lowest BCUT2D eigenvalue weighted by molar-refractivity contribution is 0.321. The molecule has 0 aliphatic carbocycles. The first-order valence-corrected chi connectivity index (χ1v) is 7.69. The Labute approximate surface area is 127 Å². The summed E-state index contributed by atoms with van der Waals surface area (Å²) in [7, 11) is -3.97. The van der Waals surface area contributed by atoms with Crippen molar-refractivity contribution in [2.75, 3.05) is 0 Å². The highest BCUT2D eigenvalue weighted by molar-refractivity contribution is 7.87. The number of oxime groups is 1. The molecule has 0 heterocycles. The maximum Gasteiger partial charge on any atom is 0.339 e. The molecule has 0 saturated heterocycles. The van der Waals surface area contributed by atoms with Crippen LogP contribution in [-0.2, 0) is 10.1 Å². The first-order valence-electron chi connectivity index (χ1n) is 5.90. The number of hydrogen-bond donors (Lipinski definition) is 1. The van der Waals surface area contributed by atoms with Crippen LogP contribution >= 0.6 is 11.6 Å². The minimum atomic E-state index is -3.97. The topological polar surface area (TPSA) is 76.0 Å². The van der Waals surface area contributed by atoms with Crippen LogP contribution < -0.4 is 4.18 Å². The molecule has 5 nitrogen and oxygen atoms in total. The highest BCUT2D eigenvalue weighted by Crippen LogP contribution is 2.25. The third-order valence-corrected chi connectivity index (χ3v) is 4.16. The van der Waals surface area contributed by atoms with Crippen LogP contribution in [0.1, 0.15) is 11.1 Å². The molecule has 110 valence electrons. The molecule has 21 heavy (non-hydrogen) atoms. The van der Waals surface area contributed by atoms with Crippen molar-refractivity contribution in [3.05, 3.63) is 58.6 Å². The van der Waals surface area contributed by atoms with Gasteiger partial charge in [0.1, 0.15) is 4.90 Å². The minimum Gasteiger partial charge on any atom is -0.411 e. The summed E-state index contributed by atoms with van der Waals surface area (Å²) in [6.07, 6.45) is 1.05. The van der Waals surface area contributed by atoms with Crippen molar-refractivity contribution in [1.82, 2.24) is 0 Å². The van der Waals surface area contributed by atoms with E-state index in [0.29, 0.717) is 5.02 Å². The first-order chi connectivity index (χ1) is 9.92. The molecule has 0 aliphatic heterocycles. The SMILES string of the molecule is Cc1ccc(S(=O)(=O)Oc2ccc(Cl)cc2C=NO)cc1. The number of benzene rings is 2. The molecule has 0 unspecified atom stereocenters. The largest absolute Gasteiger partial charge is 0.411 e. The number of halogens is 1. The van der Waals surface area contributed by atoms with Crippen LogP contribution in [0.25, 0.3) is 0 Å². The predicted octanol–water partition coefficient (Wildman–Crippen LogP) is 3.22. The molecule has 0 aliphatic rings. The van der Waals surface area contributed by atoms with Gasteiger partial charge in [-0.3, -0.25) is 0 Å². The number of nitrogens with zero attached hydrogens (tertiary/aromatic N) is 1. The lowest BCUT2D eigenvalue weighted by atomic mass is 10.2. The first kappa shape index (κ1) is 15.3. The lowest BCUT2D eigenvalue weighted by Gasteiger charge is -2.09. The molecule has 0 amide bonds. The van der Waals surface area contributed by atoms with Gasteiger partial charge in [-0.1, -0.05) is 34.5 Å². The fourth-order valence-corrected chi connectivity index (χ4v) is 2.76. The molecule has 0 saturated carbocycles. The third-order valence-electron chi connectivity index (χ3n) is 2.68. The van der Waals surface area contributed by atoms with Crippen molar-refractivity contribution in [2.45, 2.75) is 11.8 Å². The zero-order valence-electron chi connectivity index (χ0n) is 11.0. The Kier molecular flexibility index (Phi) is 4.50. The van der Waals surface area contributed by atoms with Crippen molar-refractivity contribution in [3.8, 4) is 5.75 Å². The average molecular weight is 326 g/mol. The summed E-state index contributed by atoms with van der Waals surface area (Å²) in [5.41, 5.74) is 1.19. The Balaban J connectivity index is 2.39. The summed E-state index contributed by atoms with van der Waals surface area (Å²) in [6, 6.07) is 10.6. The maximum absolute atomic E-state index is 12.2. The summed E-state index contributed by atoms with van der Waals surface area (Å²) in [5.74, 6) is 0.0257. The van der Waals surface area contributed by atoms with Gasteiger partial charge in [0.2, 0.25) is 0 Å². The van der Waals surface area contributed by atoms with Crippen molar-refractivity contribution in [2.24, 2.45) is 5.16 Å². The minimum absolute atomic E-state index is 0.0257. The molecule has 2 aromatic carbocycles. The third kappa shape index (κ3) is 3.74. The van der Waals surface area contributed by atoms with E-state index >= 15 is 0 Å². The Morgan fingerprint density at radius 3 is 2.48 bits per heavy atom. The van der Waals surface area contributed by atoms with Gasteiger partial charge < -0.3 is 9.39 Å². The van der Waals surface area contributed by atoms with E-state index in [9.17, 15) is 8.42 Å². The van der Waals surface area contributed by atoms with Gasteiger partial charge in [-0.25, -0.2) is 0 Å². The molecular formula is C14H12ClNO4S. The van der Waals surface area contributed by atoms with Gasteiger partial charge in [-0.05, 0) is 37.3 Å². The van der Waals surface area contributed by atoms with Crippen LogP contribution in [0.5, 0.6) is 5.75 Å². The van der Waals surface area contributed by atoms with Crippen LogP contribution in [0.3, 0.4) is 0 Å². The second-order valence-corrected chi connectivity index (χ2v) is 6.26. The van der Waals surface area contributed by atoms with Crippen molar-refractivity contribution < 1.29 is 17.8 Å². The molecule has 2 aromatic rings. The summed E-state index contributed by atoms with van der Waals surface area (Å²) < 4.78 is 29.5. The highest BCUT2D eigenvalue weighted by atomic mass is 35.5. The molecule has 0 atom stereocenters. The van der Waals surface area contributed by atoms with Gasteiger partial charge in [-0.2, -0.15) is 8.42 Å². The monoisotopic (exact) mass is 325 g/mol. The fraction of sp³-hybridized carbons (Fsp3) is 0.0714. The second kappa shape index (κ2) is 6.15. The van der Waals surface area contributed by atoms with Crippen molar-refractivity contribution in [3.63, 3.8) is 0 Å². The Morgan fingerprint density at radius 2 is 1.86 bits per heavy atom. The Bertz CT molecular complexity index is 770. The predicted molar refractivity (Wildman–Crippen MR) is 79.8 cm³/mol. The number of hydrogen-bond acceptors (Lipinski definition) is 5. The van der Waals surface area contributed by atoms with Gasteiger partial charge in [-0.15, -0.1) is 0 Å². The normalized spacial score (nSPS) is 11.7. The van der Waals surface area contributed by atoms with E-state index in [1.54, 1.807) is 12.1 Å². The molecule has 0 bridgehead atoms. The fourth-order valence-electron chi connectivity index (χ4n) is 1.63. The van der Waals surface area contributed by atoms with Gasteiger partial charge in [0.05, 0.1) is 6.21 Å². The van der Waals surface area contributed by atoms with Crippen molar-refractivity contribution >= 4 is 27.9 Å². The Morgan fingerprint density at radius 1 is 1.19 bits per heavy atom. The van der Waals surface area contributed by atoms with E-state index < -0.39 is 10.1 Å². The van der Waals surface area contributed by atoms with E-state index in [4.69, 9.17) is 21.0 Å². The van der Waals surface area contributed by atoms with Crippen LogP contribution in [-0.4, -0.2) is 19.8 Å². The van der Waals surface area contributed by atoms with Gasteiger partial charge >= 0.3 is 10.1 Å². The number of aryl methyl sites for hydroxylation is 1.